The number of ketones is 1. The number of nitrogens with one attached hydrogen (secondary N) is 3. The highest BCUT2D eigenvalue weighted by atomic mass is 16.6. The number of aliphatic hydroxyl groups is 1. The zero-order valence-electron chi connectivity index (χ0n) is 27.4. The zero-order valence-corrected chi connectivity index (χ0v) is 27.4. The molecule has 0 aliphatic carbocycles. The second-order valence-corrected chi connectivity index (χ2v) is 12.7. The Kier molecular flexibility index (Phi) is 13.5. The van der Waals surface area contributed by atoms with Crippen LogP contribution in [0.3, 0.4) is 0 Å². The first kappa shape index (κ1) is 36.0. The lowest BCUT2D eigenvalue weighted by Crippen LogP contribution is -2.52. The smallest absolute Gasteiger partial charge is 0.407 e. The van der Waals surface area contributed by atoms with Gasteiger partial charge in [0, 0.05) is 5.92 Å². The molecular formula is C37H47N3O6. The number of amides is 3. The van der Waals surface area contributed by atoms with E-state index in [0.717, 1.165) is 16.7 Å². The maximum absolute atomic E-state index is 13.7. The van der Waals surface area contributed by atoms with E-state index in [2.05, 4.69) is 16.0 Å². The molecule has 4 N–H and O–H groups in total. The summed E-state index contributed by atoms with van der Waals surface area (Å²) in [6, 6.07) is 25.8. The number of carbonyl (C=O) groups excluding carboxylic acids is 4. The summed E-state index contributed by atoms with van der Waals surface area (Å²) in [4.78, 5) is 52.0. The molecule has 3 aromatic rings. The molecule has 3 rings (SSSR count). The van der Waals surface area contributed by atoms with Crippen LogP contribution >= 0.6 is 0 Å². The lowest BCUT2D eigenvalue weighted by atomic mass is 9.88. The molecule has 0 saturated carbocycles. The van der Waals surface area contributed by atoms with E-state index in [1.807, 2.05) is 91.0 Å². The van der Waals surface area contributed by atoms with Gasteiger partial charge in [-0.05, 0) is 77.0 Å². The van der Waals surface area contributed by atoms with Crippen LogP contribution in [0.1, 0.15) is 57.7 Å². The van der Waals surface area contributed by atoms with E-state index in [1.54, 1.807) is 27.7 Å². The van der Waals surface area contributed by atoms with E-state index in [9.17, 15) is 24.3 Å². The maximum atomic E-state index is 13.7. The molecule has 5 atom stereocenters. The Morgan fingerprint density at radius 1 is 0.696 bits per heavy atom. The van der Waals surface area contributed by atoms with Crippen molar-refractivity contribution in [3.63, 3.8) is 0 Å². The predicted molar refractivity (Wildman–Crippen MR) is 178 cm³/mol. The summed E-state index contributed by atoms with van der Waals surface area (Å²) in [7, 11) is 0. The molecule has 246 valence electrons. The summed E-state index contributed by atoms with van der Waals surface area (Å²) in [5.41, 5.74) is 1.95. The first-order valence-corrected chi connectivity index (χ1v) is 15.7. The second-order valence-electron chi connectivity index (χ2n) is 12.7. The number of Topliss-reactive ketones (excluding diaryl/α,β-unsaturated/α-hetero) is 1. The number of alkyl carbamates (subject to hydrolysis) is 1. The van der Waals surface area contributed by atoms with Gasteiger partial charge in [-0.15, -0.1) is 0 Å². The first-order chi connectivity index (χ1) is 21.8. The molecule has 3 amide bonds. The largest absolute Gasteiger partial charge is 0.444 e. The fraction of sp³-hybridized carbons (Fsp3) is 0.405. The molecule has 0 heterocycles. The van der Waals surface area contributed by atoms with Crippen molar-refractivity contribution in [2.75, 3.05) is 0 Å². The summed E-state index contributed by atoms with van der Waals surface area (Å²) >= 11 is 0. The Labute approximate surface area is 272 Å². The zero-order chi connectivity index (χ0) is 33.7. The van der Waals surface area contributed by atoms with Crippen molar-refractivity contribution < 1.29 is 29.0 Å². The average molecular weight is 630 g/mol. The Hall–Kier alpha value is -4.50. The van der Waals surface area contributed by atoms with Crippen molar-refractivity contribution >= 4 is 23.7 Å². The molecule has 0 aromatic heterocycles. The third-order valence-corrected chi connectivity index (χ3v) is 7.53. The average Bonchev–Trinajstić information content (AvgIpc) is 3.00. The highest BCUT2D eigenvalue weighted by Crippen LogP contribution is 2.20. The number of hydrogen-bond acceptors (Lipinski definition) is 6. The topological polar surface area (TPSA) is 134 Å². The van der Waals surface area contributed by atoms with Crippen molar-refractivity contribution in [3.8, 4) is 0 Å². The summed E-state index contributed by atoms with van der Waals surface area (Å²) in [5, 5.41) is 19.9. The van der Waals surface area contributed by atoms with Crippen LogP contribution in [0.15, 0.2) is 91.0 Å². The van der Waals surface area contributed by atoms with Crippen LogP contribution in [0.25, 0.3) is 0 Å². The highest BCUT2D eigenvalue weighted by molar-refractivity contribution is 5.92. The quantitative estimate of drug-likeness (QED) is 0.195. The van der Waals surface area contributed by atoms with Crippen molar-refractivity contribution in [2.45, 2.75) is 90.1 Å². The number of hydrogen-bond donors (Lipinski definition) is 4. The molecule has 1 unspecified atom stereocenters. The number of aliphatic hydroxyl groups excluding tert-OH is 1. The Bertz CT molecular complexity index is 1410. The molecule has 0 saturated heterocycles. The highest BCUT2D eigenvalue weighted by Gasteiger charge is 2.31. The molecule has 0 fully saturated rings. The van der Waals surface area contributed by atoms with E-state index in [0.29, 0.717) is 19.3 Å². The van der Waals surface area contributed by atoms with Crippen LogP contribution in [-0.2, 0) is 38.4 Å². The molecule has 0 aliphatic heterocycles. The molecule has 46 heavy (non-hydrogen) atoms. The summed E-state index contributed by atoms with van der Waals surface area (Å²) in [6.45, 7) is 8.25. The first-order valence-electron chi connectivity index (χ1n) is 15.7. The lowest BCUT2D eigenvalue weighted by Gasteiger charge is -2.29. The van der Waals surface area contributed by atoms with Gasteiger partial charge in [-0.1, -0.05) is 91.0 Å². The third kappa shape index (κ3) is 12.5. The van der Waals surface area contributed by atoms with Crippen LogP contribution in [0, 0.1) is 5.92 Å². The Morgan fingerprint density at radius 3 is 1.65 bits per heavy atom. The van der Waals surface area contributed by atoms with Gasteiger partial charge in [0.2, 0.25) is 11.8 Å². The van der Waals surface area contributed by atoms with Gasteiger partial charge < -0.3 is 25.8 Å². The van der Waals surface area contributed by atoms with Crippen molar-refractivity contribution in [3.05, 3.63) is 108 Å². The van der Waals surface area contributed by atoms with Gasteiger partial charge in [-0.3, -0.25) is 14.4 Å². The molecule has 9 heteroatoms. The molecule has 9 nitrogen and oxygen atoms in total. The van der Waals surface area contributed by atoms with Gasteiger partial charge in [-0.2, -0.15) is 0 Å². The van der Waals surface area contributed by atoms with E-state index in [1.165, 1.54) is 6.92 Å². The van der Waals surface area contributed by atoms with Crippen LogP contribution in [-0.4, -0.2) is 58.6 Å². The Balaban J connectivity index is 1.76. The van der Waals surface area contributed by atoms with E-state index in [4.69, 9.17) is 4.74 Å². The SMILES string of the molecule is CC(=O)[C@H](Cc1ccccc1)NC(=O)[C@H](C)NC(=O)[C@H](Cc1ccccc1)CC(O)[C@H](Cc1ccccc1)NC(=O)OC(C)(C)C. The van der Waals surface area contributed by atoms with Crippen molar-refractivity contribution in [1.82, 2.24) is 16.0 Å². The summed E-state index contributed by atoms with van der Waals surface area (Å²) in [5.74, 6) is -1.84. The minimum atomic E-state index is -1.12. The van der Waals surface area contributed by atoms with Gasteiger partial charge in [-0.25, -0.2) is 4.79 Å². The third-order valence-electron chi connectivity index (χ3n) is 7.53. The fourth-order valence-electron chi connectivity index (χ4n) is 5.09. The molecule has 0 aliphatic rings. The normalized spacial score (nSPS) is 14.6. The minimum absolute atomic E-state index is 0.00639. The number of ether oxygens (including phenoxy) is 1. The van der Waals surface area contributed by atoms with Gasteiger partial charge in [0.1, 0.15) is 11.6 Å². The number of carbonyl (C=O) groups is 4. The van der Waals surface area contributed by atoms with Crippen molar-refractivity contribution in [1.29, 1.82) is 0 Å². The van der Waals surface area contributed by atoms with Gasteiger partial charge in [0.25, 0.3) is 0 Å². The van der Waals surface area contributed by atoms with Gasteiger partial charge in [0.05, 0.1) is 18.2 Å². The molecule has 0 radical (unpaired) electrons. The lowest BCUT2D eigenvalue weighted by molar-refractivity contribution is -0.132. The van der Waals surface area contributed by atoms with Crippen molar-refractivity contribution in [2.24, 2.45) is 5.92 Å². The standard InChI is InChI=1S/C37H47N3O6/c1-25(34(43)39-31(26(2)41)22-28-17-11-7-12-18-28)38-35(44)30(21-27-15-9-6-10-16-27)24-33(42)32(23-29-19-13-8-14-20-29)40-36(45)46-37(3,4)5/h6-20,25,30-33,42H,21-24H2,1-5H3,(H,38,44)(H,39,43)(H,40,45)/t25-,30+,31-,32-,33?/m0/s1. The van der Waals surface area contributed by atoms with Crippen LogP contribution in [0.5, 0.6) is 0 Å². The van der Waals surface area contributed by atoms with Gasteiger partial charge in [0.15, 0.2) is 5.78 Å². The van der Waals surface area contributed by atoms with Crippen LogP contribution in [0.2, 0.25) is 0 Å². The van der Waals surface area contributed by atoms with E-state index >= 15 is 0 Å². The van der Waals surface area contributed by atoms with Crippen LogP contribution < -0.4 is 16.0 Å². The summed E-state index contributed by atoms with van der Waals surface area (Å²) < 4.78 is 5.46. The van der Waals surface area contributed by atoms with E-state index < -0.39 is 53.7 Å². The van der Waals surface area contributed by atoms with Gasteiger partial charge >= 0.3 is 6.09 Å². The second kappa shape index (κ2) is 17.3. The fourth-order valence-corrected chi connectivity index (χ4v) is 5.09. The molecule has 3 aromatic carbocycles. The Morgan fingerprint density at radius 2 is 1.17 bits per heavy atom. The van der Waals surface area contributed by atoms with E-state index in [-0.39, 0.29) is 12.2 Å². The molecule has 0 bridgehead atoms. The molecular weight excluding hydrogens is 582 g/mol. The maximum Gasteiger partial charge on any atom is 0.407 e. The molecule has 0 spiro atoms. The minimum Gasteiger partial charge on any atom is -0.444 e. The number of benzene rings is 3. The monoisotopic (exact) mass is 629 g/mol. The van der Waals surface area contributed by atoms with Crippen LogP contribution in [0.4, 0.5) is 4.79 Å². The predicted octanol–water partition coefficient (Wildman–Crippen LogP) is 4.55. The number of rotatable bonds is 15. The summed E-state index contributed by atoms with van der Waals surface area (Å²) in [6.07, 6.45) is -0.840.